The van der Waals surface area contributed by atoms with E-state index in [9.17, 15) is 0 Å². The van der Waals surface area contributed by atoms with Gasteiger partial charge in [-0.1, -0.05) is 7.43 Å². The van der Waals surface area contributed by atoms with Gasteiger partial charge in [0.25, 0.3) is 0 Å². The summed E-state index contributed by atoms with van der Waals surface area (Å²) in [5.41, 5.74) is 9.46. The molecule has 0 bridgehead atoms. The molecule has 5 heteroatoms. The molecule has 3 aromatic rings. The average Bonchev–Trinajstić information content (AvgIpc) is 2.90. The number of aromatic nitrogens is 4. The van der Waals surface area contributed by atoms with E-state index in [-0.39, 0.29) is 7.43 Å². The second-order valence-corrected chi connectivity index (χ2v) is 8.24. The zero-order chi connectivity index (χ0) is 20.7. The lowest BCUT2D eigenvalue weighted by Gasteiger charge is -2.09. The molecule has 0 radical (unpaired) electrons. The molecular formula is C23H36N4S. The molecule has 0 saturated carbocycles. The summed E-state index contributed by atoms with van der Waals surface area (Å²) in [7, 11) is 0. The van der Waals surface area contributed by atoms with Crippen molar-refractivity contribution in [3.05, 3.63) is 67.4 Å². The van der Waals surface area contributed by atoms with Crippen molar-refractivity contribution in [1.82, 2.24) is 19.9 Å². The van der Waals surface area contributed by atoms with Crippen LogP contribution in [0.2, 0.25) is 0 Å². The van der Waals surface area contributed by atoms with Gasteiger partial charge in [-0.05, 0) is 85.9 Å². The fraction of sp³-hybridized carbons (Fsp3) is 0.478. The maximum atomic E-state index is 4.43. The quantitative estimate of drug-likeness (QED) is 0.437. The van der Waals surface area contributed by atoms with Gasteiger partial charge >= 0.3 is 0 Å². The Morgan fingerprint density at radius 1 is 0.571 bits per heavy atom. The molecule has 3 heterocycles. The van der Waals surface area contributed by atoms with Crippen molar-refractivity contribution in [2.24, 2.45) is 0 Å². The van der Waals surface area contributed by atoms with Crippen LogP contribution in [0.5, 0.6) is 0 Å². The van der Waals surface area contributed by atoms with Gasteiger partial charge in [0.2, 0.25) is 0 Å². The third-order valence-electron chi connectivity index (χ3n) is 4.59. The van der Waals surface area contributed by atoms with Gasteiger partial charge in [-0.25, -0.2) is 4.98 Å². The molecule has 0 fully saturated rings. The minimum atomic E-state index is 0. The van der Waals surface area contributed by atoms with Crippen LogP contribution in [0.15, 0.2) is 12.4 Å². The Balaban J connectivity index is 0.000000391. The van der Waals surface area contributed by atoms with Crippen molar-refractivity contribution in [2.75, 3.05) is 0 Å². The summed E-state index contributed by atoms with van der Waals surface area (Å²) in [6, 6.07) is 0. The summed E-state index contributed by atoms with van der Waals surface area (Å²) in [5, 5.41) is 1.17. The van der Waals surface area contributed by atoms with Crippen molar-refractivity contribution in [3.63, 3.8) is 0 Å². The molecule has 0 aliphatic heterocycles. The van der Waals surface area contributed by atoms with E-state index in [1.54, 1.807) is 23.7 Å². The van der Waals surface area contributed by atoms with Gasteiger partial charge < -0.3 is 0 Å². The SMILES string of the molecule is C.Cc1cnc(C)cn1.Cc1nc(C)c(C)c(C)c1C.Cc1nc(C)c(C)s1. The molecule has 3 rings (SSSR count). The van der Waals surface area contributed by atoms with E-state index in [4.69, 9.17) is 0 Å². The summed E-state index contributed by atoms with van der Waals surface area (Å²) in [6.45, 7) is 20.6. The second kappa shape index (κ2) is 11.6. The number of thiazole rings is 1. The van der Waals surface area contributed by atoms with Crippen LogP contribution in [0.4, 0.5) is 0 Å². The van der Waals surface area contributed by atoms with E-state index in [1.165, 1.54) is 32.3 Å². The van der Waals surface area contributed by atoms with E-state index in [0.29, 0.717) is 0 Å². The molecule has 3 aromatic heterocycles. The van der Waals surface area contributed by atoms with E-state index < -0.39 is 0 Å². The first-order valence-corrected chi connectivity index (χ1v) is 9.91. The molecule has 0 atom stereocenters. The van der Waals surface area contributed by atoms with Crippen molar-refractivity contribution < 1.29 is 0 Å². The summed E-state index contributed by atoms with van der Waals surface area (Å²) in [5.74, 6) is 0. The van der Waals surface area contributed by atoms with Crippen LogP contribution in [0.1, 0.15) is 62.5 Å². The van der Waals surface area contributed by atoms with Gasteiger partial charge in [-0.15, -0.1) is 11.3 Å². The Labute approximate surface area is 175 Å². The molecule has 0 unspecified atom stereocenters. The van der Waals surface area contributed by atoms with E-state index >= 15 is 0 Å². The standard InChI is InChI=1S/C10H15N.C6H8N2.C6H9NS.CH4/c1-6-7(2)9(4)11-10(5)8(6)3;1-5-3-8-6(2)4-7-5;1-4-5(2)8-6(3)7-4;/h1-5H3;3-4H,1-2H3;1-3H3;1H4. The molecule has 0 aliphatic carbocycles. The van der Waals surface area contributed by atoms with Gasteiger partial charge in [-0.3, -0.25) is 15.0 Å². The Kier molecular flexibility index (Phi) is 10.8. The number of pyridine rings is 1. The lowest BCUT2D eigenvalue weighted by atomic mass is 10.0. The zero-order valence-corrected chi connectivity index (χ0v) is 19.2. The molecule has 0 aliphatic rings. The predicted molar refractivity (Wildman–Crippen MR) is 122 cm³/mol. The maximum Gasteiger partial charge on any atom is 0.0899 e. The molecule has 4 nitrogen and oxygen atoms in total. The van der Waals surface area contributed by atoms with Crippen LogP contribution >= 0.6 is 11.3 Å². The summed E-state index contributed by atoms with van der Waals surface area (Å²) >= 11 is 1.76. The lowest BCUT2D eigenvalue weighted by molar-refractivity contribution is 1.03. The van der Waals surface area contributed by atoms with Gasteiger partial charge in [0.05, 0.1) is 22.1 Å². The second-order valence-electron chi connectivity index (χ2n) is 6.83. The highest BCUT2D eigenvalue weighted by Crippen LogP contribution is 2.16. The van der Waals surface area contributed by atoms with Crippen LogP contribution < -0.4 is 0 Å². The summed E-state index contributed by atoms with van der Waals surface area (Å²) in [4.78, 5) is 18.0. The Hall–Kier alpha value is -2.14. The Bertz CT molecular complexity index is 814. The highest BCUT2D eigenvalue weighted by atomic mass is 32.1. The molecule has 0 amide bonds. The lowest BCUT2D eigenvalue weighted by Crippen LogP contribution is -1.98. The molecule has 28 heavy (non-hydrogen) atoms. The first kappa shape index (κ1) is 25.9. The van der Waals surface area contributed by atoms with Gasteiger partial charge in [0.1, 0.15) is 0 Å². The van der Waals surface area contributed by atoms with Crippen LogP contribution in [0.3, 0.4) is 0 Å². The van der Waals surface area contributed by atoms with E-state index in [0.717, 1.165) is 22.8 Å². The van der Waals surface area contributed by atoms with Crippen LogP contribution in [0, 0.1) is 69.2 Å². The number of aryl methyl sites for hydroxylation is 7. The minimum absolute atomic E-state index is 0. The summed E-state index contributed by atoms with van der Waals surface area (Å²) in [6.07, 6.45) is 3.52. The van der Waals surface area contributed by atoms with E-state index in [2.05, 4.69) is 61.5 Å². The summed E-state index contributed by atoms with van der Waals surface area (Å²) < 4.78 is 0. The van der Waals surface area contributed by atoms with Gasteiger partial charge in [0.15, 0.2) is 0 Å². The monoisotopic (exact) mass is 400 g/mol. The van der Waals surface area contributed by atoms with Crippen molar-refractivity contribution in [1.29, 1.82) is 0 Å². The van der Waals surface area contributed by atoms with Crippen molar-refractivity contribution in [3.8, 4) is 0 Å². The Morgan fingerprint density at radius 2 is 1.00 bits per heavy atom. The molecule has 0 aromatic carbocycles. The fourth-order valence-electron chi connectivity index (χ4n) is 2.33. The number of rotatable bonds is 0. The molecule has 154 valence electrons. The normalized spacial score (nSPS) is 9.50. The first-order valence-electron chi connectivity index (χ1n) is 9.09. The van der Waals surface area contributed by atoms with Crippen LogP contribution in [-0.4, -0.2) is 19.9 Å². The van der Waals surface area contributed by atoms with Crippen molar-refractivity contribution >= 4 is 11.3 Å². The highest BCUT2D eigenvalue weighted by Gasteiger charge is 2.04. The molecular weight excluding hydrogens is 364 g/mol. The first-order chi connectivity index (χ1) is 12.5. The third kappa shape index (κ3) is 7.85. The maximum absolute atomic E-state index is 4.43. The minimum Gasteiger partial charge on any atom is -0.258 e. The fourth-order valence-corrected chi connectivity index (χ4v) is 3.15. The number of hydrogen-bond acceptors (Lipinski definition) is 5. The van der Waals surface area contributed by atoms with Crippen molar-refractivity contribution in [2.45, 2.75) is 76.7 Å². The molecule has 0 N–H and O–H groups in total. The highest BCUT2D eigenvalue weighted by molar-refractivity contribution is 7.11. The Morgan fingerprint density at radius 3 is 1.25 bits per heavy atom. The van der Waals surface area contributed by atoms with E-state index in [1.807, 2.05) is 27.7 Å². The zero-order valence-electron chi connectivity index (χ0n) is 18.4. The van der Waals surface area contributed by atoms with Crippen LogP contribution in [0.25, 0.3) is 0 Å². The number of nitrogens with zero attached hydrogens (tertiary/aromatic N) is 4. The largest absolute Gasteiger partial charge is 0.258 e. The topological polar surface area (TPSA) is 51.6 Å². The van der Waals surface area contributed by atoms with Gasteiger partial charge in [-0.2, -0.15) is 0 Å². The van der Waals surface area contributed by atoms with Gasteiger partial charge in [0, 0.05) is 28.7 Å². The average molecular weight is 401 g/mol. The molecule has 0 spiro atoms. The van der Waals surface area contributed by atoms with Crippen LogP contribution in [-0.2, 0) is 0 Å². The predicted octanol–water partition coefficient (Wildman–Crippen LogP) is 6.42. The number of hydrogen-bond donors (Lipinski definition) is 0. The molecule has 0 saturated heterocycles. The smallest absolute Gasteiger partial charge is 0.0899 e. The third-order valence-corrected chi connectivity index (χ3v) is 5.58.